The lowest BCUT2D eigenvalue weighted by Crippen LogP contribution is -2.32. The van der Waals surface area contributed by atoms with Crippen molar-refractivity contribution >= 4 is 27.6 Å². The summed E-state index contributed by atoms with van der Waals surface area (Å²) in [4.78, 5) is 24.4. The first-order valence-corrected chi connectivity index (χ1v) is 11.4. The monoisotopic (exact) mass is 466 g/mol. The zero-order chi connectivity index (χ0) is 24.1. The molecule has 0 saturated carbocycles. The standard InChI is InChI=1S/C22H27FN2O6S/c1-6-25(7-2)32(28,29)20-13-16(9-10-17(20)23)22(27)31-15(4)21(26)24-18-12-14(3)8-11-19(18)30-5/h8-13,15H,6-7H2,1-5H3,(H,24,26). The molecule has 0 aliphatic rings. The lowest BCUT2D eigenvalue weighted by Gasteiger charge is -2.19. The molecule has 32 heavy (non-hydrogen) atoms. The second-order valence-corrected chi connectivity index (χ2v) is 8.88. The third-order valence-electron chi connectivity index (χ3n) is 4.76. The van der Waals surface area contributed by atoms with Crippen LogP contribution in [-0.2, 0) is 19.6 Å². The van der Waals surface area contributed by atoms with Crippen molar-refractivity contribution in [1.29, 1.82) is 0 Å². The van der Waals surface area contributed by atoms with Gasteiger partial charge in [-0.2, -0.15) is 4.31 Å². The summed E-state index contributed by atoms with van der Waals surface area (Å²) in [5.41, 5.74) is 1.11. The predicted octanol–water partition coefficient (Wildman–Crippen LogP) is 3.36. The molecular formula is C22H27FN2O6S. The number of aryl methyl sites for hydroxylation is 1. The van der Waals surface area contributed by atoms with E-state index in [1.54, 1.807) is 26.0 Å². The Balaban J connectivity index is 2.20. The fourth-order valence-corrected chi connectivity index (χ4v) is 4.51. The van der Waals surface area contributed by atoms with Gasteiger partial charge in [0.2, 0.25) is 10.0 Å². The van der Waals surface area contributed by atoms with Gasteiger partial charge in [-0.3, -0.25) is 4.79 Å². The van der Waals surface area contributed by atoms with Gasteiger partial charge in [0, 0.05) is 13.1 Å². The van der Waals surface area contributed by atoms with Crippen molar-refractivity contribution in [2.75, 3.05) is 25.5 Å². The van der Waals surface area contributed by atoms with Crippen LogP contribution in [0.4, 0.5) is 10.1 Å². The van der Waals surface area contributed by atoms with Crippen molar-refractivity contribution in [2.24, 2.45) is 0 Å². The molecule has 0 aliphatic heterocycles. The van der Waals surface area contributed by atoms with E-state index >= 15 is 0 Å². The van der Waals surface area contributed by atoms with Crippen LogP contribution < -0.4 is 10.1 Å². The van der Waals surface area contributed by atoms with Crippen molar-refractivity contribution in [2.45, 2.75) is 38.7 Å². The largest absolute Gasteiger partial charge is 0.495 e. The van der Waals surface area contributed by atoms with Gasteiger partial charge in [0.15, 0.2) is 6.10 Å². The molecule has 0 radical (unpaired) electrons. The summed E-state index contributed by atoms with van der Waals surface area (Å²) in [6, 6.07) is 8.12. The van der Waals surface area contributed by atoms with Crippen LogP contribution in [0.25, 0.3) is 0 Å². The Morgan fingerprint density at radius 2 is 1.78 bits per heavy atom. The summed E-state index contributed by atoms with van der Waals surface area (Å²) in [6.45, 7) is 6.75. The average molecular weight is 467 g/mol. The first-order chi connectivity index (χ1) is 15.0. The molecule has 0 aromatic heterocycles. The van der Waals surface area contributed by atoms with E-state index < -0.39 is 38.7 Å². The highest BCUT2D eigenvalue weighted by molar-refractivity contribution is 7.89. The molecule has 1 atom stereocenters. The predicted molar refractivity (Wildman–Crippen MR) is 118 cm³/mol. The van der Waals surface area contributed by atoms with Crippen molar-refractivity contribution in [3.05, 3.63) is 53.3 Å². The van der Waals surface area contributed by atoms with Gasteiger partial charge in [0.25, 0.3) is 5.91 Å². The molecule has 8 nitrogen and oxygen atoms in total. The molecule has 2 aromatic rings. The Morgan fingerprint density at radius 1 is 1.12 bits per heavy atom. The van der Waals surface area contributed by atoms with E-state index in [1.807, 2.05) is 13.0 Å². The maximum absolute atomic E-state index is 14.3. The number of sulfonamides is 1. The lowest BCUT2D eigenvalue weighted by atomic mass is 10.2. The van der Waals surface area contributed by atoms with Crippen LogP contribution in [0, 0.1) is 12.7 Å². The Kier molecular flexibility index (Phi) is 8.34. The van der Waals surface area contributed by atoms with Crippen LogP contribution in [-0.4, -0.2) is 50.9 Å². The number of rotatable bonds is 9. The van der Waals surface area contributed by atoms with Crippen molar-refractivity contribution in [3.8, 4) is 5.75 Å². The number of esters is 1. The Labute approximate surface area is 187 Å². The van der Waals surface area contributed by atoms with Crippen molar-refractivity contribution in [3.63, 3.8) is 0 Å². The van der Waals surface area contributed by atoms with Crippen LogP contribution in [0.5, 0.6) is 5.75 Å². The summed E-state index contributed by atoms with van der Waals surface area (Å²) in [5.74, 6) is -2.11. The summed E-state index contributed by atoms with van der Waals surface area (Å²) in [5, 5.41) is 2.63. The molecular weight excluding hydrogens is 439 g/mol. The van der Waals surface area contributed by atoms with E-state index in [0.717, 1.165) is 28.1 Å². The van der Waals surface area contributed by atoms with Gasteiger partial charge in [-0.1, -0.05) is 19.9 Å². The van der Waals surface area contributed by atoms with Gasteiger partial charge < -0.3 is 14.8 Å². The minimum atomic E-state index is -4.13. The highest BCUT2D eigenvalue weighted by Gasteiger charge is 2.27. The van der Waals surface area contributed by atoms with Crippen LogP contribution in [0.3, 0.4) is 0 Å². The molecule has 0 saturated heterocycles. The summed E-state index contributed by atoms with van der Waals surface area (Å²) >= 11 is 0. The number of hydrogen-bond acceptors (Lipinski definition) is 6. The maximum atomic E-state index is 14.3. The van der Waals surface area contributed by atoms with Crippen molar-refractivity contribution in [1.82, 2.24) is 4.31 Å². The first kappa shape index (κ1) is 25.3. The number of halogens is 1. The number of benzene rings is 2. The maximum Gasteiger partial charge on any atom is 0.338 e. The molecule has 1 unspecified atom stereocenters. The van der Waals surface area contributed by atoms with Gasteiger partial charge in [0.1, 0.15) is 16.5 Å². The van der Waals surface area contributed by atoms with Crippen molar-refractivity contribution < 1.29 is 31.9 Å². The van der Waals surface area contributed by atoms with Crippen LogP contribution in [0.1, 0.15) is 36.7 Å². The quantitative estimate of drug-likeness (QED) is 0.569. The first-order valence-electron chi connectivity index (χ1n) is 10.0. The molecule has 10 heteroatoms. The molecule has 0 fully saturated rings. The van der Waals surface area contributed by atoms with Gasteiger partial charge in [0.05, 0.1) is 18.4 Å². The molecule has 2 aromatic carbocycles. The van der Waals surface area contributed by atoms with Gasteiger partial charge in [-0.05, 0) is 49.7 Å². The van der Waals surface area contributed by atoms with Crippen LogP contribution >= 0.6 is 0 Å². The number of nitrogens with one attached hydrogen (secondary N) is 1. The van der Waals surface area contributed by atoms with Crippen LogP contribution in [0.2, 0.25) is 0 Å². The van der Waals surface area contributed by atoms with Crippen LogP contribution in [0.15, 0.2) is 41.3 Å². The molecule has 1 N–H and O–H groups in total. The zero-order valence-electron chi connectivity index (χ0n) is 18.6. The van der Waals surface area contributed by atoms with E-state index in [1.165, 1.54) is 14.0 Å². The number of nitrogens with zero attached hydrogens (tertiary/aromatic N) is 1. The molecule has 0 bridgehead atoms. The third kappa shape index (κ3) is 5.63. The summed E-state index contributed by atoms with van der Waals surface area (Å²) in [6.07, 6.45) is -1.21. The minimum Gasteiger partial charge on any atom is -0.495 e. The second-order valence-electron chi connectivity index (χ2n) is 6.98. The Morgan fingerprint density at radius 3 is 2.38 bits per heavy atom. The highest BCUT2D eigenvalue weighted by atomic mass is 32.2. The number of ether oxygens (including phenoxy) is 2. The number of amides is 1. The molecule has 0 heterocycles. The highest BCUT2D eigenvalue weighted by Crippen LogP contribution is 2.26. The van der Waals surface area contributed by atoms with E-state index in [-0.39, 0.29) is 18.7 Å². The van der Waals surface area contributed by atoms with E-state index in [4.69, 9.17) is 9.47 Å². The Bertz CT molecular complexity index is 1100. The fourth-order valence-electron chi connectivity index (χ4n) is 2.97. The minimum absolute atomic E-state index is 0.145. The lowest BCUT2D eigenvalue weighted by molar-refractivity contribution is -0.123. The third-order valence-corrected chi connectivity index (χ3v) is 6.82. The number of methoxy groups -OCH3 is 1. The zero-order valence-corrected chi connectivity index (χ0v) is 19.5. The molecule has 1 amide bonds. The molecule has 2 rings (SSSR count). The smallest absolute Gasteiger partial charge is 0.338 e. The topological polar surface area (TPSA) is 102 Å². The Hall–Kier alpha value is -2.98. The second kappa shape index (κ2) is 10.6. The van der Waals surface area contributed by atoms with E-state index in [9.17, 15) is 22.4 Å². The summed E-state index contributed by atoms with van der Waals surface area (Å²) < 4.78 is 51.1. The SMILES string of the molecule is CCN(CC)S(=O)(=O)c1cc(C(=O)OC(C)C(=O)Nc2cc(C)ccc2OC)ccc1F. The normalized spacial score (nSPS) is 12.3. The van der Waals surface area contributed by atoms with Gasteiger partial charge in [-0.15, -0.1) is 0 Å². The number of carbonyl (C=O) groups excluding carboxylic acids is 2. The number of hydrogen-bond donors (Lipinski definition) is 1. The molecule has 174 valence electrons. The van der Waals surface area contributed by atoms with Gasteiger partial charge in [-0.25, -0.2) is 17.6 Å². The average Bonchev–Trinajstić information content (AvgIpc) is 2.74. The fraction of sp³-hybridized carbons (Fsp3) is 0.364. The number of anilines is 1. The molecule has 0 aliphatic carbocycles. The van der Waals surface area contributed by atoms with E-state index in [0.29, 0.717) is 11.4 Å². The number of carbonyl (C=O) groups is 2. The summed E-state index contributed by atoms with van der Waals surface area (Å²) in [7, 11) is -2.67. The van der Waals surface area contributed by atoms with E-state index in [2.05, 4.69) is 5.32 Å². The molecule has 0 spiro atoms. The van der Waals surface area contributed by atoms with Gasteiger partial charge >= 0.3 is 5.97 Å².